The number of aromatic nitrogens is 1. The van der Waals surface area contributed by atoms with Crippen molar-refractivity contribution in [3.63, 3.8) is 0 Å². The minimum absolute atomic E-state index is 0.176. The number of rotatable bonds is 6. The van der Waals surface area contributed by atoms with Crippen LogP contribution in [-0.2, 0) is 17.8 Å². The van der Waals surface area contributed by atoms with E-state index in [1.165, 1.54) is 6.92 Å². The molecule has 0 atom stereocenters. The van der Waals surface area contributed by atoms with Crippen LogP contribution in [0.15, 0.2) is 36.4 Å². The van der Waals surface area contributed by atoms with Gasteiger partial charge in [0.1, 0.15) is 5.82 Å². The Balaban J connectivity index is 1.75. The molecule has 8 heteroatoms. The van der Waals surface area contributed by atoms with Crippen molar-refractivity contribution in [3.05, 3.63) is 57.7 Å². The number of benzene rings is 1. The van der Waals surface area contributed by atoms with E-state index in [0.717, 1.165) is 11.3 Å². The van der Waals surface area contributed by atoms with E-state index in [-0.39, 0.29) is 11.9 Å². The number of urea groups is 1. The minimum Gasteiger partial charge on any atom is -0.338 e. The Morgan fingerprint density at radius 3 is 2.60 bits per heavy atom. The molecule has 6 nitrogen and oxygen atoms in total. The number of hydrogen-bond donors (Lipinski definition) is 3. The van der Waals surface area contributed by atoms with Gasteiger partial charge in [0, 0.05) is 32.1 Å². The number of anilines is 1. The highest BCUT2D eigenvalue weighted by Gasteiger charge is 2.04. The lowest BCUT2D eigenvalue weighted by Gasteiger charge is -2.09. The average molecular weight is 381 g/mol. The lowest BCUT2D eigenvalue weighted by molar-refractivity contribution is -0.114. The molecule has 2 aromatic rings. The molecular formula is C17H18Cl2N4O2. The zero-order valence-electron chi connectivity index (χ0n) is 13.6. The largest absolute Gasteiger partial charge is 0.338 e. The average Bonchev–Trinajstić information content (AvgIpc) is 2.56. The molecule has 0 fully saturated rings. The summed E-state index contributed by atoms with van der Waals surface area (Å²) in [6, 6.07) is 10.3. The lowest BCUT2D eigenvalue weighted by Crippen LogP contribution is -2.36. The Morgan fingerprint density at radius 2 is 1.88 bits per heavy atom. The summed E-state index contributed by atoms with van der Waals surface area (Å²) in [4.78, 5) is 27.1. The Labute approximate surface area is 155 Å². The first kappa shape index (κ1) is 19.0. The maximum Gasteiger partial charge on any atom is 0.315 e. The number of halogens is 2. The number of amides is 3. The van der Waals surface area contributed by atoms with Crippen LogP contribution in [0.1, 0.15) is 18.2 Å². The number of nitrogens with one attached hydrogen (secondary N) is 3. The Morgan fingerprint density at radius 1 is 1.08 bits per heavy atom. The molecule has 0 spiro atoms. The quantitative estimate of drug-likeness (QED) is 0.717. The summed E-state index contributed by atoms with van der Waals surface area (Å²) < 4.78 is 0. The lowest BCUT2D eigenvalue weighted by atomic mass is 10.2. The molecule has 0 aliphatic heterocycles. The molecule has 0 aliphatic carbocycles. The van der Waals surface area contributed by atoms with Crippen LogP contribution < -0.4 is 16.0 Å². The monoisotopic (exact) mass is 380 g/mol. The van der Waals surface area contributed by atoms with Gasteiger partial charge in [-0.25, -0.2) is 9.78 Å². The van der Waals surface area contributed by atoms with E-state index in [0.29, 0.717) is 35.4 Å². The zero-order chi connectivity index (χ0) is 18.2. The van der Waals surface area contributed by atoms with Gasteiger partial charge in [0.2, 0.25) is 5.91 Å². The van der Waals surface area contributed by atoms with Crippen molar-refractivity contribution in [2.45, 2.75) is 19.9 Å². The van der Waals surface area contributed by atoms with Crippen LogP contribution in [0.4, 0.5) is 10.6 Å². The highest BCUT2D eigenvalue weighted by molar-refractivity contribution is 6.42. The normalized spacial score (nSPS) is 10.2. The van der Waals surface area contributed by atoms with E-state index in [1.807, 2.05) is 6.07 Å². The number of pyridine rings is 1. The standard InChI is InChI=1S/C17H18Cl2N4O2/c1-11(24)22-16-4-2-3-13(23-16)7-8-20-17(25)21-10-12-5-6-14(18)15(19)9-12/h2-6,9H,7-8,10H2,1H3,(H2,20,21,25)(H,22,23,24). The molecule has 2 rings (SSSR count). The first-order chi connectivity index (χ1) is 11.9. The molecule has 0 aliphatic rings. The molecule has 25 heavy (non-hydrogen) atoms. The van der Waals surface area contributed by atoms with Gasteiger partial charge < -0.3 is 16.0 Å². The van der Waals surface area contributed by atoms with Crippen LogP contribution in [0.5, 0.6) is 0 Å². The number of hydrogen-bond acceptors (Lipinski definition) is 3. The molecule has 0 saturated heterocycles. The van der Waals surface area contributed by atoms with Gasteiger partial charge in [0.25, 0.3) is 0 Å². The predicted octanol–water partition coefficient (Wildman–Crippen LogP) is 3.39. The molecule has 0 unspecified atom stereocenters. The Bertz CT molecular complexity index is 768. The van der Waals surface area contributed by atoms with Crippen LogP contribution in [0, 0.1) is 0 Å². The smallest absolute Gasteiger partial charge is 0.315 e. The maximum absolute atomic E-state index is 11.8. The summed E-state index contributed by atoms with van der Waals surface area (Å²) in [7, 11) is 0. The fourth-order valence-electron chi connectivity index (χ4n) is 2.07. The van der Waals surface area contributed by atoms with Crippen molar-refractivity contribution in [1.82, 2.24) is 15.6 Å². The SMILES string of the molecule is CC(=O)Nc1cccc(CCNC(=O)NCc2ccc(Cl)c(Cl)c2)n1. The predicted molar refractivity (Wildman–Crippen MR) is 98.9 cm³/mol. The van der Waals surface area contributed by atoms with Crippen molar-refractivity contribution in [1.29, 1.82) is 0 Å². The van der Waals surface area contributed by atoms with E-state index >= 15 is 0 Å². The summed E-state index contributed by atoms with van der Waals surface area (Å²) in [6.45, 7) is 2.19. The summed E-state index contributed by atoms with van der Waals surface area (Å²) in [5, 5.41) is 9.04. The van der Waals surface area contributed by atoms with E-state index in [4.69, 9.17) is 23.2 Å². The topological polar surface area (TPSA) is 83.1 Å². The van der Waals surface area contributed by atoms with Gasteiger partial charge in [-0.15, -0.1) is 0 Å². The van der Waals surface area contributed by atoms with Crippen molar-refractivity contribution < 1.29 is 9.59 Å². The van der Waals surface area contributed by atoms with Gasteiger partial charge in [0.15, 0.2) is 0 Å². The second kappa shape index (κ2) is 9.25. The molecular weight excluding hydrogens is 363 g/mol. The first-order valence-electron chi connectivity index (χ1n) is 7.63. The molecule has 1 aromatic heterocycles. The molecule has 0 saturated carbocycles. The second-order valence-electron chi connectivity index (χ2n) is 5.30. The van der Waals surface area contributed by atoms with E-state index < -0.39 is 0 Å². The summed E-state index contributed by atoms with van der Waals surface area (Å²) in [5.74, 6) is 0.318. The highest BCUT2D eigenvalue weighted by atomic mass is 35.5. The van der Waals surface area contributed by atoms with Crippen LogP contribution in [0.2, 0.25) is 10.0 Å². The summed E-state index contributed by atoms with van der Waals surface area (Å²) in [6.07, 6.45) is 0.549. The van der Waals surface area contributed by atoms with Crippen LogP contribution in [0.25, 0.3) is 0 Å². The van der Waals surface area contributed by atoms with Gasteiger partial charge in [-0.1, -0.05) is 35.3 Å². The summed E-state index contributed by atoms with van der Waals surface area (Å²) in [5.41, 5.74) is 1.63. The molecule has 0 radical (unpaired) electrons. The van der Waals surface area contributed by atoms with E-state index in [2.05, 4.69) is 20.9 Å². The zero-order valence-corrected chi connectivity index (χ0v) is 15.1. The minimum atomic E-state index is -0.288. The molecule has 3 N–H and O–H groups in total. The summed E-state index contributed by atoms with van der Waals surface area (Å²) >= 11 is 11.8. The van der Waals surface area contributed by atoms with Gasteiger partial charge in [-0.3, -0.25) is 4.79 Å². The van der Waals surface area contributed by atoms with Crippen molar-refractivity contribution in [2.75, 3.05) is 11.9 Å². The fraction of sp³-hybridized carbons (Fsp3) is 0.235. The maximum atomic E-state index is 11.8. The molecule has 3 amide bonds. The van der Waals surface area contributed by atoms with Gasteiger partial charge in [0.05, 0.1) is 10.0 Å². The van der Waals surface area contributed by atoms with Crippen molar-refractivity contribution >= 4 is 41.0 Å². The van der Waals surface area contributed by atoms with E-state index in [9.17, 15) is 9.59 Å². The molecule has 132 valence electrons. The van der Waals surface area contributed by atoms with Crippen LogP contribution >= 0.6 is 23.2 Å². The second-order valence-corrected chi connectivity index (χ2v) is 6.12. The van der Waals surface area contributed by atoms with Gasteiger partial charge in [-0.05, 0) is 29.8 Å². The fourth-order valence-corrected chi connectivity index (χ4v) is 2.39. The first-order valence-corrected chi connectivity index (χ1v) is 8.39. The molecule has 1 heterocycles. The third-order valence-corrected chi connectivity index (χ3v) is 3.95. The van der Waals surface area contributed by atoms with Gasteiger partial charge in [-0.2, -0.15) is 0 Å². The van der Waals surface area contributed by atoms with Crippen LogP contribution in [-0.4, -0.2) is 23.5 Å². The number of carbonyl (C=O) groups excluding carboxylic acids is 2. The Hall–Kier alpha value is -2.31. The molecule has 1 aromatic carbocycles. The van der Waals surface area contributed by atoms with Crippen LogP contribution in [0.3, 0.4) is 0 Å². The van der Waals surface area contributed by atoms with Gasteiger partial charge >= 0.3 is 6.03 Å². The van der Waals surface area contributed by atoms with Crippen molar-refractivity contribution in [2.24, 2.45) is 0 Å². The third kappa shape index (κ3) is 6.60. The highest BCUT2D eigenvalue weighted by Crippen LogP contribution is 2.22. The number of nitrogens with zero attached hydrogens (tertiary/aromatic N) is 1. The van der Waals surface area contributed by atoms with E-state index in [1.54, 1.807) is 30.3 Å². The molecule has 0 bridgehead atoms. The third-order valence-electron chi connectivity index (χ3n) is 3.21. The number of carbonyl (C=O) groups is 2. The Kier molecular flexibility index (Phi) is 7.03. The van der Waals surface area contributed by atoms with Crippen molar-refractivity contribution in [3.8, 4) is 0 Å².